The van der Waals surface area contributed by atoms with E-state index < -0.39 is 0 Å². The molecule has 3 atom stereocenters. The van der Waals surface area contributed by atoms with Crippen LogP contribution in [0.3, 0.4) is 0 Å². The molecule has 3 N–H and O–H groups in total. The van der Waals surface area contributed by atoms with Gasteiger partial charge in [-0.25, -0.2) is 0 Å². The Hall–Kier alpha value is -2.09. The minimum absolute atomic E-state index is 0.102. The molecule has 9 nitrogen and oxygen atoms in total. The number of anilines is 2. The molecule has 3 unspecified atom stereocenters. The van der Waals surface area contributed by atoms with Gasteiger partial charge in [-0.2, -0.15) is 0 Å². The van der Waals surface area contributed by atoms with Gasteiger partial charge in [-0.05, 0) is 0 Å². The van der Waals surface area contributed by atoms with E-state index in [1.165, 1.54) is 5.21 Å². The number of nitrogens with two attached hydrogens (primary N) is 1. The average Bonchev–Trinajstić information content (AvgIpc) is 3.36. The average molecular weight is 431 g/mol. The molecule has 0 radical (unpaired) electrons. The second kappa shape index (κ2) is 6.81. The SMILES string of the molecule is Nc1nc(N2CCN3CC(CO)C[AsH]C3C2)cc2nc(-c3ccco3)nn12. The van der Waals surface area contributed by atoms with E-state index in [9.17, 15) is 5.11 Å². The Kier molecular flexibility index (Phi) is 4.30. The van der Waals surface area contributed by atoms with Crippen LogP contribution in [-0.4, -0.2) is 83.0 Å². The maximum atomic E-state index is 9.45. The van der Waals surface area contributed by atoms with Crippen molar-refractivity contribution in [2.75, 3.05) is 43.4 Å². The van der Waals surface area contributed by atoms with Crippen LogP contribution in [0.15, 0.2) is 28.9 Å². The normalized spacial score (nSPS) is 24.6. The van der Waals surface area contributed by atoms with Crippen molar-refractivity contribution in [3.8, 4) is 11.6 Å². The van der Waals surface area contributed by atoms with Gasteiger partial charge in [-0.1, -0.05) is 0 Å². The Bertz CT molecular complexity index is 944. The van der Waals surface area contributed by atoms with Crippen LogP contribution in [0.2, 0.25) is 5.21 Å². The Labute approximate surface area is 162 Å². The Balaban J connectivity index is 1.40. The summed E-state index contributed by atoms with van der Waals surface area (Å²) in [6.45, 7) is 4.21. The molecule has 0 saturated carbocycles. The zero-order valence-electron chi connectivity index (χ0n) is 14.8. The summed E-state index contributed by atoms with van der Waals surface area (Å²) >= 11 is -0.102. The third kappa shape index (κ3) is 3.09. The van der Waals surface area contributed by atoms with Crippen molar-refractivity contribution in [1.29, 1.82) is 0 Å². The van der Waals surface area contributed by atoms with Crippen molar-refractivity contribution in [2.45, 2.75) is 10.0 Å². The van der Waals surface area contributed by atoms with Crippen molar-refractivity contribution in [2.24, 2.45) is 5.92 Å². The van der Waals surface area contributed by atoms with Crippen LogP contribution >= 0.6 is 0 Å². The molecule has 2 saturated heterocycles. The molecule has 0 amide bonds. The van der Waals surface area contributed by atoms with Crippen LogP contribution in [0.5, 0.6) is 0 Å². The first-order valence-electron chi connectivity index (χ1n) is 9.11. The van der Waals surface area contributed by atoms with E-state index in [1.54, 1.807) is 10.8 Å². The van der Waals surface area contributed by atoms with Gasteiger partial charge in [0.1, 0.15) is 0 Å². The molecule has 10 heteroatoms. The second-order valence-electron chi connectivity index (χ2n) is 7.07. The van der Waals surface area contributed by atoms with Crippen LogP contribution < -0.4 is 10.6 Å². The van der Waals surface area contributed by atoms with Gasteiger partial charge in [-0.3, -0.25) is 0 Å². The number of aromatic nitrogens is 4. The quantitative estimate of drug-likeness (QED) is 0.554. The van der Waals surface area contributed by atoms with Crippen molar-refractivity contribution in [3.05, 3.63) is 24.5 Å². The summed E-state index contributed by atoms with van der Waals surface area (Å²) in [5.41, 5.74) is 6.83. The second-order valence-corrected chi connectivity index (χ2v) is 10.2. The number of hydrogen-bond acceptors (Lipinski definition) is 8. The monoisotopic (exact) mass is 431 g/mol. The van der Waals surface area contributed by atoms with E-state index in [1.807, 2.05) is 18.2 Å². The van der Waals surface area contributed by atoms with Gasteiger partial charge in [0, 0.05) is 0 Å². The fourth-order valence-electron chi connectivity index (χ4n) is 3.83. The van der Waals surface area contributed by atoms with Crippen LogP contribution in [0.1, 0.15) is 0 Å². The minimum atomic E-state index is -0.102. The number of hydrogen-bond donors (Lipinski definition) is 2. The summed E-state index contributed by atoms with van der Waals surface area (Å²) in [7, 11) is 0. The molecule has 0 aromatic carbocycles. The molecular formula is C17H22AsN7O2. The molecule has 3 aromatic rings. The molecular weight excluding hydrogens is 409 g/mol. The van der Waals surface area contributed by atoms with Crippen molar-refractivity contribution in [1.82, 2.24) is 24.5 Å². The number of furan rings is 1. The number of nitrogens with zero attached hydrogens (tertiary/aromatic N) is 6. The topological polar surface area (TPSA) is 109 Å². The van der Waals surface area contributed by atoms with E-state index in [4.69, 9.17) is 10.2 Å². The molecule has 5 rings (SSSR count). The maximum absolute atomic E-state index is 9.45. The number of piperazine rings is 1. The van der Waals surface area contributed by atoms with Gasteiger partial charge in [0.15, 0.2) is 0 Å². The summed E-state index contributed by atoms with van der Waals surface area (Å²) in [4.78, 5) is 14.6. The zero-order valence-corrected chi connectivity index (χ0v) is 16.9. The van der Waals surface area contributed by atoms with Crippen LogP contribution in [0.25, 0.3) is 17.2 Å². The molecule has 27 heavy (non-hydrogen) atoms. The van der Waals surface area contributed by atoms with Crippen LogP contribution in [0, 0.1) is 5.92 Å². The van der Waals surface area contributed by atoms with Gasteiger partial charge < -0.3 is 0 Å². The number of aliphatic hydroxyl groups excluding tert-OH is 1. The van der Waals surface area contributed by atoms with E-state index in [2.05, 4.69) is 24.9 Å². The van der Waals surface area contributed by atoms with Gasteiger partial charge in [0.05, 0.1) is 0 Å². The molecule has 2 fully saturated rings. The molecule has 0 aliphatic carbocycles. The van der Waals surface area contributed by atoms with Crippen molar-refractivity contribution < 1.29 is 9.52 Å². The first kappa shape index (κ1) is 17.0. The molecule has 2 aliphatic heterocycles. The van der Waals surface area contributed by atoms with Gasteiger partial charge in [0.25, 0.3) is 0 Å². The molecule has 0 bridgehead atoms. The summed E-state index contributed by atoms with van der Waals surface area (Å²) < 4.78 is 6.94. The summed E-state index contributed by atoms with van der Waals surface area (Å²) in [5.74, 6) is 2.77. The third-order valence-electron chi connectivity index (χ3n) is 5.29. The molecule has 0 spiro atoms. The molecule has 5 heterocycles. The van der Waals surface area contributed by atoms with Crippen molar-refractivity contribution >= 4 is 33.2 Å². The number of rotatable bonds is 3. The van der Waals surface area contributed by atoms with Gasteiger partial charge in [-0.15, -0.1) is 0 Å². The standard InChI is InChI=1S/C17H22AsN7O2/c19-17-21-14(6-15-20-16(22-25(15)17)12-2-1-5-27-12)24-4-3-23-8-11(10-26)7-18-13(23)9-24/h1-2,5-6,11,13,18,26H,3-4,7-10H2,(H2,19,21). The van der Waals surface area contributed by atoms with Gasteiger partial charge in [0.2, 0.25) is 0 Å². The summed E-state index contributed by atoms with van der Waals surface area (Å²) in [6.07, 6.45) is 1.60. The van der Waals surface area contributed by atoms with E-state index >= 15 is 0 Å². The fraction of sp³-hybridized carbons (Fsp3) is 0.471. The summed E-state index contributed by atoms with van der Waals surface area (Å²) in [5, 5.41) is 15.1. The van der Waals surface area contributed by atoms with E-state index in [0.29, 0.717) is 40.5 Å². The fourth-order valence-corrected chi connectivity index (χ4v) is 7.41. The predicted octanol–water partition coefficient (Wildman–Crippen LogP) is -0.108. The summed E-state index contributed by atoms with van der Waals surface area (Å²) in [6, 6.07) is 5.58. The van der Waals surface area contributed by atoms with Crippen LogP contribution in [-0.2, 0) is 0 Å². The zero-order chi connectivity index (χ0) is 18.4. The number of nitrogen functional groups attached to an aromatic ring is 1. The number of fused-ring (bicyclic) bond motifs is 2. The first-order chi connectivity index (χ1) is 13.2. The number of aliphatic hydroxyl groups is 1. The predicted molar refractivity (Wildman–Crippen MR) is 103 cm³/mol. The van der Waals surface area contributed by atoms with E-state index in [-0.39, 0.29) is 15.8 Å². The Morgan fingerprint density at radius 2 is 2.22 bits per heavy atom. The molecule has 2 aliphatic rings. The van der Waals surface area contributed by atoms with Crippen molar-refractivity contribution in [3.63, 3.8) is 0 Å². The Morgan fingerprint density at radius 3 is 3.04 bits per heavy atom. The molecule has 3 aromatic heterocycles. The third-order valence-corrected chi connectivity index (χ3v) is 9.13. The van der Waals surface area contributed by atoms with E-state index in [0.717, 1.165) is 32.0 Å². The first-order valence-corrected chi connectivity index (χ1v) is 11.8. The van der Waals surface area contributed by atoms with Gasteiger partial charge >= 0.3 is 163 Å². The Morgan fingerprint density at radius 1 is 1.30 bits per heavy atom. The van der Waals surface area contributed by atoms with Crippen LogP contribution in [0.4, 0.5) is 11.8 Å². The molecule has 142 valence electrons.